The summed E-state index contributed by atoms with van der Waals surface area (Å²) in [4.78, 5) is 36.1. The highest BCUT2D eigenvalue weighted by Gasteiger charge is 2.18. The number of para-hydroxylation sites is 1. The molecular weight excluding hydrogens is 336 g/mol. The van der Waals surface area contributed by atoms with Crippen molar-refractivity contribution >= 4 is 29.2 Å². The van der Waals surface area contributed by atoms with Crippen LogP contribution in [0.25, 0.3) is 0 Å². The molecule has 26 heavy (non-hydrogen) atoms. The fraction of sp³-hybridized carbons (Fsp3) is 0.211. The van der Waals surface area contributed by atoms with E-state index in [2.05, 4.69) is 10.6 Å². The monoisotopic (exact) mass is 356 g/mol. The largest absolute Gasteiger partial charge is 0.494 e. The predicted molar refractivity (Wildman–Crippen MR) is 97.3 cm³/mol. The number of anilines is 2. The van der Waals surface area contributed by atoms with Gasteiger partial charge in [0.1, 0.15) is 5.75 Å². The average Bonchev–Trinajstić information content (AvgIpc) is 2.64. The SMILES string of the molecule is CCOC(=O)c1ccccc1NC(=O)C(=O)Nc1ccc(OCC)cc1. The molecule has 0 bridgehead atoms. The maximum atomic E-state index is 12.1. The Morgan fingerprint density at radius 1 is 0.846 bits per heavy atom. The summed E-state index contributed by atoms with van der Waals surface area (Å²) < 4.78 is 10.2. The maximum Gasteiger partial charge on any atom is 0.340 e. The number of amides is 2. The molecular formula is C19H20N2O5. The van der Waals surface area contributed by atoms with Crippen LogP contribution >= 0.6 is 0 Å². The molecule has 0 saturated carbocycles. The van der Waals surface area contributed by atoms with E-state index in [1.807, 2.05) is 6.92 Å². The highest BCUT2D eigenvalue weighted by Crippen LogP contribution is 2.17. The predicted octanol–water partition coefficient (Wildman–Crippen LogP) is 2.84. The summed E-state index contributed by atoms with van der Waals surface area (Å²) >= 11 is 0. The van der Waals surface area contributed by atoms with Gasteiger partial charge < -0.3 is 20.1 Å². The lowest BCUT2D eigenvalue weighted by molar-refractivity contribution is -0.133. The van der Waals surface area contributed by atoms with Gasteiger partial charge in [-0.05, 0) is 50.2 Å². The molecule has 2 aromatic carbocycles. The van der Waals surface area contributed by atoms with Crippen molar-refractivity contribution in [2.75, 3.05) is 23.8 Å². The van der Waals surface area contributed by atoms with Gasteiger partial charge in [0.05, 0.1) is 24.5 Å². The van der Waals surface area contributed by atoms with E-state index in [9.17, 15) is 14.4 Å². The first-order valence-electron chi connectivity index (χ1n) is 8.16. The Hall–Kier alpha value is -3.35. The molecule has 0 aromatic heterocycles. The zero-order chi connectivity index (χ0) is 18.9. The molecule has 0 heterocycles. The molecule has 0 radical (unpaired) electrons. The molecule has 7 heteroatoms. The Kier molecular flexibility index (Phi) is 6.73. The molecule has 0 saturated heterocycles. The fourth-order valence-electron chi connectivity index (χ4n) is 2.15. The number of carbonyl (C=O) groups is 3. The second-order valence-electron chi connectivity index (χ2n) is 5.13. The van der Waals surface area contributed by atoms with E-state index in [1.165, 1.54) is 12.1 Å². The molecule has 0 fully saturated rings. The molecule has 0 unspecified atom stereocenters. The number of hydrogen-bond acceptors (Lipinski definition) is 5. The molecule has 2 rings (SSSR count). The second kappa shape index (κ2) is 9.22. The summed E-state index contributed by atoms with van der Waals surface area (Å²) in [6.45, 7) is 4.30. The van der Waals surface area contributed by atoms with Gasteiger partial charge in [0, 0.05) is 5.69 Å². The molecule has 136 valence electrons. The van der Waals surface area contributed by atoms with Gasteiger partial charge in [-0.3, -0.25) is 9.59 Å². The third-order valence-electron chi connectivity index (χ3n) is 3.30. The smallest absolute Gasteiger partial charge is 0.340 e. The Morgan fingerprint density at radius 2 is 1.50 bits per heavy atom. The Bertz CT molecular complexity index is 787. The minimum atomic E-state index is -0.893. The van der Waals surface area contributed by atoms with Gasteiger partial charge in [0.15, 0.2) is 0 Å². The quantitative estimate of drug-likeness (QED) is 0.613. The summed E-state index contributed by atoms with van der Waals surface area (Å²) in [7, 11) is 0. The van der Waals surface area contributed by atoms with Crippen molar-refractivity contribution in [1.29, 1.82) is 0 Å². The van der Waals surface area contributed by atoms with Crippen LogP contribution in [0.1, 0.15) is 24.2 Å². The van der Waals surface area contributed by atoms with Crippen molar-refractivity contribution in [3.8, 4) is 5.75 Å². The zero-order valence-corrected chi connectivity index (χ0v) is 14.6. The van der Waals surface area contributed by atoms with Crippen molar-refractivity contribution in [1.82, 2.24) is 0 Å². The Labute approximate surface area is 151 Å². The Balaban J connectivity index is 2.03. The average molecular weight is 356 g/mol. The maximum absolute atomic E-state index is 12.1. The number of nitrogens with one attached hydrogen (secondary N) is 2. The summed E-state index contributed by atoms with van der Waals surface area (Å²) in [5.41, 5.74) is 0.835. The van der Waals surface area contributed by atoms with E-state index in [0.29, 0.717) is 18.0 Å². The summed E-state index contributed by atoms with van der Waals surface area (Å²) in [6, 6.07) is 12.9. The molecule has 0 aliphatic heterocycles. The number of carbonyl (C=O) groups excluding carboxylic acids is 3. The van der Waals surface area contributed by atoms with Gasteiger partial charge >= 0.3 is 17.8 Å². The van der Waals surface area contributed by atoms with Gasteiger partial charge in [-0.25, -0.2) is 4.79 Å². The van der Waals surface area contributed by atoms with Crippen LogP contribution in [0.2, 0.25) is 0 Å². The van der Waals surface area contributed by atoms with E-state index in [4.69, 9.17) is 9.47 Å². The molecule has 0 aliphatic rings. The summed E-state index contributed by atoms with van der Waals surface area (Å²) in [6.07, 6.45) is 0. The second-order valence-corrected chi connectivity index (χ2v) is 5.13. The van der Waals surface area contributed by atoms with Crippen LogP contribution in [-0.4, -0.2) is 31.0 Å². The summed E-state index contributed by atoms with van der Waals surface area (Å²) in [5.74, 6) is -1.66. The van der Waals surface area contributed by atoms with Gasteiger partial charge in [-0.1, -0.05) is 12.1 Å². The van der Waals surface area contributed by atoms with Gasteiger partial charge in [0.2, 0.25) is 0 Å². The lowest BCUT2D eigenvalue weighted by Crippen LogP contribution is -2.29. The minimum Gasteiger partial charge on any atom is -0.494 e. The first kappa shape index (κ1) is 19.0. The lowest BCUT2D eigenvalue weighted by Gasteiger charge is -2.10. The number of benzene rings is 2. The molecule has 2 amide bonds. The highest BCUT2D eigenvalue weighted by molar-refractivity contribution is 6.43. The first-order chi connectivity index (χ1) is 12.5. The van der Waals surface area contributed by atoms with Crippen molar-refractivity contribution in [3.05, 3.63) is 54.1 Å². The first-order valence-corrected chi connectivity index (χ1v) is 8.16. The van der Waals surface area contributed by atoms with Gasteiger partial charge in [0.25, 0.3) is 0 Å². The molecule has 0 atom stereocenters. The van der Waals surface area contributed by atoms with Gasteiger partial charge in [-0.15, -0.1) is 0 Å². The number of hydrogen-bond donors (Lipinski definition) is 2. The zero-order valence-electron chi connectivity index (χ0n) is 14.6. The van der Waals surface area contributed by atoms with Crippen molar-refractivity contribution in [2.45, 2.75) is 13.8 Å². The normalized spacial score (nSPS) is 9.92. The third kappa shape index (κ3) is 5.07. The van der Waals surface area contributed by atoms with Gasteiger partial charge in [-0.2, -0.15) is 0 Å². The lowest BCUT2D eigenvalue weighted by atomic mass is 10.2. The van der Waals surface area contributed by atoms with Crippen LogP contribution in [-0.2, 0) is 14.3 Å². The van der Waals surface area contributed by atoms with Crippen molar-refractivity contribution in [2.24, 2.45) is 0 Å². The minimum absolute atomic E-state index is 0.177. The summed E-state index contributed by atoms with van der Waals surface area (Å²) in [5, 5.41) is 4.91. The number of rotatable bonds is 6. The molecule has 0 spiro atoms. The molecule has 2 aromatic rings. The topological polar surface area (TPSA) is 93.7 Å². The van der Waals surface area contributed by atoms with E-state index < -0.39 is 17.8 Å². The number of ether oxygens (including phenoxy) is 2. The Morgan fingerprint density at radius 3 is 2.15 bits per heavy atom. The van der Waals surface area contributed by atoms with Crippen LogP contribution in [0.4, 0.5) is 11.4 Å². The van der Waals surface area contributed by atoms with Crippen molar-refractivity contribution in [3.63, 3.8) is 0 Å². The van der Waals surface area contributed by atoms with E-state index in [0.717, 1.165) is 0 Å². The van der Waals surface area contributed by atoms with Crippen LogP contribution in [0.15, 0.2) is 48.5 Å². The molecule has 2 N–H and O–H groups in total. The van der Waals surface area contributed by atoms with E-state index in [1.54, 1.807) is 43.3 Å². The highest BCUT2D eigenvalue weighted by atomic mass is 16.5. The van der Waals surface area contributed by atoms with Crippen LogP contribution in [0.5, 0.6) is 5.75 Å². The van der Waals surface area contributed by atoms with Crippen LogP contribution < -0.4 is 15.4 Å². The van der Waals surface area contributed by atoms with Crippen molar-refractivity contribution < 1.29 is 23.9 Å². The number of esters is 1. The van der Waals surface area contributed by atoms with E-state index in [-0.39, 0.29) is 17.9 Å². The van der Waals surface area contributed by atoms with Crippen LogP contribution in [0, 0.1) is 0 Å². The third-order valence-corrected chi connectivity index (χ3v) is 3.30. The van der Waals surface area contributed by atoms with Crippen LogP contribution in [0.3, 0.4) is 0 Å². The fourth-order valence-corrected chi connectivity index (χ4v) is 2.15. The molecule has 0 aliphatic carbocycles. The standard InChI is InChI=1S/C19H20N2O5/c1-3-25-14-11-9-13(10-12-14)20-17(22)18(23)21-16-8-6-5-7-15(16)19(24)26-4-2/h5-12H,3-4H2,1-2H3,(H,20,22)(H,21,23). The van der Waals surface area contributed by atoms with E-state index >= 15 is 0 Å². The molecule has 7 nitrogen and oxygen atoms in total.